The molecule has 0 saturated heterocycles. The maximum atomic E-state index is 11.3. The summed E-state index contributed by atoms with van der Waals surface area (Å²) in [6.45, 7) is 1.19. The number of nitrogens with one attached hydrogen (secondary N) is 1. The Hall–Kier alpha value is -1.61. The molecule has 0 spiro atoms. The summed E-state index contributed by atoms with van der Waals surface area (Å²) >= 11 is 6.08. The summed E-state index contributed by atoms with van der Waals surface area (Å²) in [5.41, 5.74) is 1.46. The number of anilines is 1. The van der Waals surface area contributed by atoms with Gasteiger partial charge in [-0.05, 0) is 30.8 Å². The van der Waals surface area contributed by atoms with E-state index in [1.54, 1.807) is 24.3 Å². The molecule has 6 heteroatoms. The molecule has 0 unspecified atom stereocenters. The summed E-state index contributed by atoms with van der Waals surface area (Å²) in [6.07, 6.45) is -0.178. The standard InChI is InChI=1S/C13H16ClN3O2/c1-17(6-7-18)9-10-8-11(2-3-12(10)14)16-13(19)4-5-15/h2-3,8,18H,4,6-7,9H2,1H3,(H,16,19). The third kappa shape index (κ3) is 5.26. The number of hydrogen-bond acceptors (Lipinski definition) is 4. The first-order valence-electron chi connectivity index (χ1n) is 5.81. The number of halogens is 1. The van der Waals surface area contributed by atoms with Gasteiger partial charge in [0, 0.05) is 23.8 Å². The number of aliphatic hydroxyl groups is 1. The highest BCUT2D eigenvalue weighted by Gasteiger charge is 2.07. The van der Waals surface area contributed by atoms with Gasteiger partial charge < -0.3 is 10.4 Å². The van der Waals surface area contributed by atoms with Gasteiger partial charge in [0.2, 0.25) is 5.91 Å². The third-order valence-corrected chi connectivity index (χ3v) is 2.86. The fourth-order valence-corrected chi connectivity index (χ4v) is 1.77. The van der Waals surface area contributed by atoms with E-state index in [0.29, 0.717) is 23.8 Å². The van der Waals surface area contributed by atoms with E-state index in [4.69, 9.17) is 22.0 Å². The summed E-state index contributed by atoms with van der Waals surface area (Å²) in [7, 11) is 1.87. The van der Waals surface area contributed by atoms with Crippen LogP contribution >= 0.6 is 11.6 Å². The summed E-state index contributed by atoms with van der Waals surface area (Å²) < 4.78 is 0. The van der Waals surface area contributed by atoms with Gasteiger partial charge in [-0.1, -0.05) is 11.6 Å². The van der Waals surface area contributed by atoms with Gasteiger partial charge in [0.25, 0.3) is 0 Å². The molecule has 1 amide bonds. The maximum absolute atomic E-state index is 11.3. The molecule has 0 bridgehead atoms. The number of rotatable bonds is 6. The lowest BCUT2D eigenvalue weighted by Crippen LogP contribution is -2.21. The van der Waals surface area contributed by atoms with E-state index < -0.39 is 0 Å². The van der Waals surface area contributed by atoms with Crippen LogP contribution in [-0.2, 0) is 11.3 Å². The van der Waals surface area contributed by atoms with Gasteiger partial charge in [-0.25, -0.2) is 0 Å². The molecule has 0 radical (unpaired) electrons. The Morgan fingerprint density at radius 3 is 2.95 bits per heavy atom. The van der Waals surface area contributed by atoms with Crippen molar-refractivity contribution in [1.82, 2.24) is 4.90 Å². The number of carbonyl (C=O) groups excluding carboxylic acids is 1. The van der Waals surface area contributed by atoms with Crippen LogP contribution < -0.4 is 5.32 Å². The Bertz CT molecular complexity index is 485. The van der Waals surface area contributed by atoms with Gasteiger partial charge in [0.05, 0.1) is 12.7 Å². The number of aliphatic hydroxyl groups excluding tert-OH is 1. The van der Waals surface area contributed by atoms with E-state index in [1.807, 2.05) is 11.9 Å². The molecular formula is C13H16ClN3O2. The van der Waals surface area contributed by atoms with E-state index in [2.05, 4.69) is 5.32 Å². The number of likely N-dealkylation sites (N-methyl/N-ethyl adjacent to an activating group) is 1. The highest BCUT2D eigenvalue weighted by Crippen LogP contribution is 2.22. The molecule has 5 nitrogen and oxygen atoms in total. The lowest BCUT2D eigenvalue weighted by Gasteiger charge is -2.16. The van der Waals surface area contributed by atoms with Gasteiger partial charge in [-0.15, -0.1) is 0 Å². The fourth-order valence-electron chi connectivity index (χ4n) is 1.59. The zero-order valence-corrected chi connectivity index (χ0v) is 11.4. The summed E-state index contributed by atoms with van der Waals surface area (Å²) in [4.78, 5) is 13.2. The minimum atomic E-state index is -0.348. The molecule has 102 valence electrons. The van der Waals surface area contributed by atoms with Crippen molar-refractivity contribution in [3.8, 4) is 6.07 Å². The molecule has 1 aromatic rings. The molecule has 0 heterocycles. The molecule has 0 aliphatic heterocycles. The normalized spacial score (nSPS) is 10.3. The van der Waals surface area contributed by atoms with Crippen LogP contribution in [0.5, 0.6) is 0 Å². The predicted octanol–water partition coefficient (Wildman–Crippen LogP) is 1.62. The predicted molar refractivity (Wildman–Crippen MR) is 73.7 cm³/mol. The first-order chi connectivity index (χ1) is 9.06. The van der Waals surface area contributed by atoms with Crippen LogP contribution in [0.15, 0.2) is 18.2 Å². The Labute approximate surface area is 117 Å². The second-order valence-electron chi connectivity index (χ2n) is 4.15. The average molecular weight is 282 g/mol. The van der Waals surface area contributed by atoms with Crippen molar-refractivity contribution in [2.45, 2.75) is 13.0 Å². The van der Waals surface area contributed by atoms with E-state index in [-0.39, 0.29) is 18.9 Å². The zero-order chi connectivity index (χ0) is 14.3. The van der Waals surface area contributed by atoms with Crippen molar-refractivity contribution in [1.29, 1.82) is 5.26 Å². The summed E-state index contributed by atoms with van der Waals surface area (Å²) in [5, 5.41) is 20.5. The van der Waals surface area contributed by atoms with Crippen molar-refractivity contribution in [3.63, 3.8) is 0 Å². The number of nitrogens with zero attached hydrogens (tertiary/aromatic N) is 2. The smallest absolute Gasteiger partial charge is 0.238 e. The van der Waals surface area contributed by atoms with Crippen LogP contribution in [0.4, 0.5) is 5.69 Å². The molecule has 1 aromatic carbocycles. The van der Waals surface area contributed by atoms with Crippen molar-refractivity contribution < 1.29 is 9.90 Å². The third-order valence-electron chi connectivity index (χ3n) is 2.49. The number of carbonyl (C=O) groups is 1. The molecule has 0 aromatic heterocycles. The quantitative estimate of drug-likeness (QED) is 0.831. The Balaban J connectivity index is 2.77. The molecule has 0 atom stereocenters. The molecule has 0 aliphatic carbocycles. The van der Waals surface area contributed by atoms with Crippen molar-refractivity contribution in [3.05, 3.63) is 28.8 Å². The lowest BCUT2D eigenvalue weighted by molar-refractivity contribution is -0.115. The van der Waals surface area contributed by atoms with E-state index in [0.717, 1.165) is 5.56 Å². The van der Waals surface area contributed by atoms with Gasteiger partial charge in [-0.2, -0.15) is 5.26 Å². The van der Waals surface area contributed by atoms with Crippen LogP contribution in [-0.4, -0.2) is 36.1 Å². The van der Waals surface area contributed by atoms with Gasteiger partial charge in [0.15, 0.2) is 0 Å². The first-order valence-corrected chi connectivity index (χ1v) is 6.19. The Morgan fingerprint density at radius 2 is 2.32 bits per heavy atom. The van der Waals surface area contributed by atoms with Crippen molar-refractivity contribution in [2.75, 3.05) is 25.5 Å². The summed E-state index contributed by atoms with van der Waals surface area (Å²) in [6, 6.07) is 6.95. The minimum Gasteiger partial charge on any atom is -0.395 e. The van der Waals surface area contributed by atoms with Crippen LogP contribution in [0, 0.1) is 11.3 Å². The number of amides is 1. The lowest BCUT2D eigenvalue weighted by atomic mass is 10.2. The topological polar surface area (TPSA) is 76.4 Å². The second kappa shape index (κ2) is 7.74. The molecule has 1 rings (SSSR count). The summed E-state index contributed by atoms with van der Waals surface area (Å²) in [5.74, 6) is -0.348. The minimum absolute atomic E-state index is 0.0761. The van der Waals surface area contributed by atoms with E-state index in [9.17, 15) is 4.79 Å². The molecular weight excluding hydrogens is 266 g/mol. The zero-order valence-electron chi connectivity index (χ0n) is 10.7. The molecule has 0 saturated carbocycles. The van der Waals surface area contributed by atoms with Gasteiger partial charge in [0.1, 0.15) is 6.42 Å². The van der Waals surface area contributed by atoms with E-state index >= 15 is 0 Å². The largest absolute Gasteiger partial charge is 0.395 e. The van der Waals surface area contributed by atoms with Crippen LogP contribution in [0.3, 0.4) is 0 Å². The molecule has 19 heavy (non-hydrogen) atoms. The molecule has 0 aliphatic rings. The average Bonchev–Trinajstić information content (AvgIpc) is 2.34. The van der Waals surface area contributed by atoms with Gasteiger partial charge in [-0.3, -0.25) is 9.69 Å². The number of benzene rings is 1. The monoisotopic (exact) mass is 281 g/mol. The first kappa shape index (κ1) is 15.4. The fraction of sp³-hybridized carbons (Fsp3) is 0.385. The molecule has 0 fully saturated rings. The SMILES string of the molecule is CN(CCO)Cc1cc(NC(=O)CC#N)ccc1Cl. The number of nitriles is 1. The maximum Gasteiger partial charge on any atom is 0.238 e. The Morgan fingerprint density at radius 1 is 1.58 bits per heavy atom. The van der Waals surface area contributed by atoms with Gasteiger partial charge >= 0.3 is 0 Å². The number of hydrogen-bond donors (Lipinski definition) is 2. The van der Waals surface area contributed by atoms with Crippen LogP contribution in [0.1, 0.15) is 12.0 Å². The van der Waals surface area contributed by atoms with Crippen LogP contribution in [0.2, 0.25) is 5.02 Å². The van der Waals surface area contributed by atoms with Crippen LogP contribution in [0.25, 0.3) is 0 Å². The molecule has 2 N–H and O–H groups in total. The van der Waals surface area contributed by atoms with Crippen molar-refractivity contribution >= 4 is 23.2 Å². The Kier molecular flexibility index (Phi) is 6.30. The second-order valence-corrected chi connectivity index (χ2v) is 4.56. The highest BCUT2D eigenvalue weighted by molar-refractivity contribution is 6.31. The van der Waals surface area contributed by atoms with E-state index in [1.165, 1.54) is 0 Å². The highest BCUT2D eigenvalue weighted by atomic mass is 35.5. The van der Waals surface area contributed by atoms with Crippen molar-refractivity contribution in [2.24, 2.45) is 0 Å².